The summed E-state index contributed by atoms with van der Waals surface area (Å²) in [5, 5.41) is 14.4. The number of aromatic nitrogens is 4. The van der Waals surface area contributed by atoms with Crippen molar-refractivity contribution in [2.75, 3.05) is 5.32 Å². The number of benzene rings is 2. The van der Waals surface area contributed by atoms with Crippen LogP contribution in [0.4, 0.5) is 5.69 Å². The van der Waals surface area contributed by atoms with Crippen molar-refractivity contribution in [1.82, 2.24) is 20.2 Å². The lowest BCUT2D eigenvalue weighted by molar-refractivity contribution is 1.06. The van der Waals surface area contributed by atoms with Crippen molar-refractivity contribution in [2.45, 2.75) is 20.3 Å². The molecule has 0 atom stereocenters. The molecule has 0 unspecified atom stereocenters. The largest absolute Gasteiger partial charge is 0.358 e. The Morgan fingerprint density at radius 1 is 1.00 bits per heavy atom. The molecular weight excluding hydrogens is 522 g/mol. The van der Waals surface area contributed by atoms with Crippen LogP contribution < -0.4 is 15.9 Å². The van der Waals surface area contributed by atoms with Crippen LogP contribution >= 0.6 is 11.3 Å². The molecule has 0 aliphatic rings. The first-order valence-corrected chi connectivity index (χ1v) is 14.3. The molecule has 6 aromatic rings. The number of nitrogens with one attached hydrogen (secondary N) is 3. The van der Waals surface area contributed by atoms with Gasteiger partial charge in [-0.05, 0) is 61.4 Å². The lowest BCUT2D eigenvalue weighted by atomic mass is 10.1. The molecule has 2 aromatic carbocycles. The lowest BCUT2D eigenvalue weighted by Gasteiger charge is -2.11. The summed E-state index contributed by atoms with van der Waals surface area (Å²) >= 11 is 1.81. The fraction of sp³-hybridized carbons (Fsp3) is 0.0857. The third-order valence-corrected chi connectivity index (χ3v) is 8.09. The minimum Gasteiger partial charge on any atom is -0.358 e. The first-order valence-electron chi connectivity index (χ1n) is 13.5. The molecule has 0 bridgehead atoms. The highest BCUT2D eigenvalue weighted by Crippen LogP contribution is 2.35. The Morgan fingerprint density at radius 2 is 1.85 bits per heavy atom. The fourth-order valence-corrected chi connectivity index (χ4v) is 5.95. The third-order valence-electron chi connectivity index (χ3n) is 7.06. The Hall–Kier alpha value is -4.94. The van der Waals surface area contributed by atoms with Gasteiger partial charge in [0.2, 0.25) is 0 Å². The van der Waals surface area contributed by atoms with E-state index in [0.717, 1.165) is 56.4 Å². The zero-order valence-corrected chi connectivity index (χ0v) is 24.0. The molecular formula is C35H31N5S. The number of pyridine rings is 1. The molecule has 3 N–H and O–H groups in total. The summed E-state index contributed by atoms with van der Waals surface area (Å²) in [6.45, 7) is 12.7. The molecule has 0 aliphatic carbocycles. The molecule has 4 aromatic heterocycles. The molecule has 0 saturated heterocycles. The van der Waals surface area contributed by atoms with Crippen molar-refractivity contribution in [2.24, 2.45) is 0 Å². The molecule has 0 saturated carbocycles. The summed E-state index contributed by atoms with van der Waals surface area (Å²) < 4.78 is 0. The van der Waals surface area contributed by atoms with Gasteiger partial charge >= 0.3 is 0 Å². The van der Waals surface area contributed by atoms with Gasteiger partial charge in [0.15, 0.2) is 0 Å². The van der Waals surface area contributed by atoms with Gasteiger partial charge in [0.05, 0.1) is 22.9 Å². The van der Waals surface area contributed by atoms with E-state index < -0.39 is 0 Å². The molecule has 202 valence electrons. The molecule has 41 heavy (non-hydrogen) atoms. The van der Waals surface area contributed by atoms with E-state index in [2.05, 4.69) is 101 Å². The van der Waals surface area contributed by atoms with E-state index in [9.17, 15) is 0 Å². The van der Waals surface area contributed by atoms with Gasteiger partial charge in [0.25, 0.3) is 0 Å². The molecule has 6 rings (SSSR count). The Bertz CT molecular complexity index is 2010. The van der Waals surface area contributed by atoms with Gasteiger partial charge in [-0.3, -0.25) is 10.1 Å². The second-order valence-corrected chi connectivity index (χ2v) is 11.4. The molecule has 0 spiro atoms. The summed E-state index contributed by atoms with van der Waals surface area (Å²) in [6.07, 6.45) is 8.48. The quantitative estimate of drug-likeness (QED) is 0.183. The molecule has 6 heteroatoms. The Labute approximate surface area is 243 Å². The number of fused-ring (bicyclic) bond motifs is 1. The molecule has 0 fully saturated rings. The zero-order chi connectivity index (χ0) is 28.3. The normalized spacial score (nSPS) is 12.2. The van der Waals surface area contributed by atoms with Crippen molar-refractivity contribution in [3.63, 3.8) is 0 Å². The highest BCUT2D eigenvalue weighted by molar-refractivity contribution is 7.15. The molecule has 0 aliphatic heterocycles. The van der Waals surface area contributed by atoms with Crippen molar-refractivity contribution in [1.29, 1.82) is 0 Å². The van der Waals surface area contributed by atoms with Crippen molar-refractivity contribution >= 4 is 45.7 Å². The first-order chi connectivity index (χ1) is 20.0. The Balaban J connectivity index is 1.32. The van der Waals surface area contributed by atoms with E-state index in [1.54, 1.807) is 6.20 Å². The van der Waals surface area contributed by atoms with Gasteiger partial charge in [-0.25, -0.2) is 0 Å². The zero-order valence-electron chi connectivity index (χ0n) is 23.2. The van der Waals surface area contributed by atoms with Gasteiger partial charge in [-0.2, -0.15) is 5.10 Å². The maximum absolute atomic E-state index is 4.71. The van der Waals surface area contributed by atoms with E-state index in [0.29, 0.717) is 0 Å². The average molecular weight is 554 g/mol. The second-order valence-electron chi connectivity index (χ2n) is 10.1. The topological polar surface area (TPSA) is 69.4 Å². The van der Waals surface area contributed by atoms with E-state index >= 15 is 0 Å². The number of rotatable bonds is 8. The number of hydrogen-bond donors (Lipinski definition) is 3. The molecule has 5 nitrogen and oxygen atoms in total. The number of aromatic amines is 2. The fourth-order valence-electron chi connectivity index (χ4n) is 5.04. The minimum atomic E-state index is 0.741. The summed E-state index contributed by atoms with van der Waals surface area (Å²) in [4.78, 5) is 10.6. The number of allylic oxidation sites excluding steroid dienone is 2. The van der Waals surface area contributed by atoms with Gasteiger partial charge in [-0.1, -0.05) is 61.7 Å². The van der Waals surface area contributed by atoms with Gasteiger partial charge in [-0.15, -0.1) is 11.3 Å². The van der Waals surface area contributed by atoms with Crippen LogP contribution in [-0.4, -0.2) is 20.2 Å². The summed E-state index contributed by atoms with van der Waals surface area (Å²) in [6, 6.07) is 25.3. The summed E-state index contributed by atoms with van der Waals surface area (Å²) in [5.74, 6) is 0. The van der Waals surface area contributed by atoms with Gasteiger partial charge < -0.3 is 10.3 Å². The third kappa shape index (κ3) is 5.55. The van der Waals surface area contributed by atoms with Crippen molar-refractivity contribution in [3.8, 4) is 21.8 Å². The van der Waals surface area contributed by atoms with Crippen LogP contribution in [0, 0.1) is 6.92 Å². The maximum atomic E-state index is 4.71. The van der Waals surface area contributed by atoms with Crippen LogP contribution in [0.5, 0.6) is 0 Å². The van der Waals surface area contributed by atoms with Crippen LogP contribution in [0.25, 0.3) is 50.5 Å². The van der Waals surface area contributed by atoms with Crippen LogP contribution in [0.2, 0.25) is 0 Å². The smallest absolute Gasteiger partial charge is 0.116 e. The van der Waals surface area contributed by atoms with Crippen molar-refractivity contribution in [3.05, 3.63) is 131 Å². The number of H-pyrrole nitrogens is 2. The highest BCUT2D eigenvalue weighted by Gasteiger charge is 2.13. The number of aryl methyl sites for hydroxylation is 1. The SMILES string of the molecule is C=C(Cc1ccccc1)Nc1cncc(C(=C)/C=c2/c(-c3cc4c(-c5ccc(C)s5)cccc4[nH]3)n[nH]/c2=C/C)c1. The number of thiophene rings is 1. The Kier molecular flexibility index (Phi) is 7.23. The summed E-state index contributed by atoms with van der Waals surface area (Å²) in [5.41, 5.74) is 8.85. The predicted molar refractivity (Wildman–Crippen MR) is 174 cm³/mol. The van der Waals surface area contributed by atoms with Gasteiger partial charge in [0, 0.05) is 55.3 Å². The molecule has 0 radical (unpaired) electrons. The van der Waals surface area contributed by atoms with Crippen LogP contribution in [-0.2, 0) is 6.42 Å². The molecule has 4 heterocycles. The molecule has 0 amide bonds. The lowest BCUT2D eigenvalue weighted by Crippen LogP contribution is -2.23. The van der Waals surface area contributed by atoms with E-state index in [1.807, 2.05) is 48.7 Å². The van der Waals surface area contributed by atoms with E-state index in [4.69, 9.17) is 5.10 Å². The number of anilines is 1. The monoisotopic (exact) mass is 553 g/mol. The maximum Gasteiger partial charge on any atom is 0.116 e. The first kappa shape index (κ1) is 26.3. The number of nitrogens with zero attached hydrogens (tertiary/aromatic N) is 2. The Morgan fingerprint density at radius 3 is 2.63 bits per heavy atom. The second kappa shape index (κ2) is 11.3. The summed E-state index contributed by atoms with van der Waals surface area (Å²) in [7, 11) is 0. The highest BCUT2D eigenvalue weighted by atomic mass is 32.1. The van der Waals surface area contributed by atoms with Crippen LogP contribution in [0.15, 0.2) is 104 Å². The average Bonchev–Trinajstić information content (AvgIpc) is 3.71. The van der Waals surface area contributed by atoms with E-state index in [-0.39, 0.29) is 0 Å². The van der Waals surface area contributed by atoms with Crippen LogP contribution in [0.3, 0.4) is 0 Å². The van der Waals surface area contributed by atoms with Crippen molar-refractivity contribution < 1.29 is 0 Å². The predicted octanol–water partition coefficient (Wildman–Crippen LogP) is 7.45. The number of hydrogen-bond acceptors (Lipinski definition) is 4. The van der Waals surface area contributed by atoms with E-state index in [1.165, 1.54) is 26.3 Å². The minimum absolute atomic E-state index is 0.741. The van der Waals surface area contributed by atoms with Crippen LogP contribution in [0.1, 0.15) is 22.9 Å². The standard InChI is InChI=1S/C35H31N5S/c1-5-31-30(16-22(2)26-18-27(21-36-20-26)37-23(3)17-25-10-7-6-8-11-25)35(40-39-31)33-19-29-28(12-9-13-32(29)38-33)34-15-14-24(4)41-34/h5-16,18-21,37-39H,2-3,17H2,1,4H3/b30-16+,31-5+. The van der Waals surface area contributed by atoms with Gasteiger partial charge in [0.1, 0.15) is 5.69 Å².